The van der Waals surface area contributed by atoms with Gasteiger partial charge in [0.25, 0.3) is 5.91 Å². The summed E-state index contributed by atoms with van der Waals surface area (Å²) in [6.07, 6.45) is 0. The van der Waals surface area contributed by atoms with Crippen molar-refractivity contribution < 1.29 is 23.1 Å². The van der Waals surface area contributed by atoms with Crippen LogP contribution >= 0.6 is 0 Å². The van der Waals surface area contributed by atoms with E-state index in [0.717, 1.165) is 0 Å². The Labute approximate surface area is 182 Å². The molecule has 0 spiro atoms. The van der Waals surface area contributed by atoms with E-state index in [1.807, 2.05) is 20.8 Å². The summed E-state index contributed by atoms with van der Waals surface area (Å²) < 4.78 is 24.9. The molecule has 0 radical (unpaired) electrons. The number of nitrogens with zero attached hydrogens (tertiary/aromatic N) is 2. The van der Waals surface area contributed by atoms with Crippen molar-refractivity contribution in [3.63, 3.8) is 0 Å². The van der Waals surface area contributed by atoms with E-state index in [-0.39, 0.29) is 35.8 Å². The SMILES string of the molecule is Cc1ccc(C(=O)N2CCN(C(=O)NC(COc3ccccc3F)C(C)(C)C)CC2)o1. The van der Waals surface area contributed by atoms with Crippen LogP contribution in [0.1, 0.15) is 37.1 Å². The highest BCUT2D eigenvalue weighted by Gasteiger charge is 2.31. The van der Waals surface area contributed by atoms with Crippen molar-refractivity contribution in [1.82, 2.24) is 15.1 Å². The van der Waals surface area contributed by atoms with Crippen LogP contribution in [0.25, 0.3) is 0 Å². The van der Waals surface area contributed by atoms with E-state index >= 15 is 0 Å². The molecule has 31 heavy (non-hydrogen) atoms. The first kappa shape index (κ1) is 22.7. The maximum Gasteiger partial charge on any atom is 0.317 e. The quantitative estimate of drug-likeness (QED) is 0.784. The van der Waals surface area contributed by atoms with Crippen molar-refractivity contribution in [1.29, 1.82) is 0 Å². The minimum absolute atomic E-state index is 0.145. The van der Waals surface area contributed by atoms with Gasteiger partial charge in [-0.2, -0.15) is 0 Å². The van der Waals surface area contributed by atoms with Gasteiger partial charge < -0.3 is 24.3 Å². The second kappa shape index (κ2) is 9.41. The van der Waals surface area contributed by atoms with Gasteiger partial charge in [0.1, 0.15) is 12.4 Å². The highest BCUT2D eigenvalue weighted by Crippen LogP contribution is 2.23. The van der Waals surface area contributed by atoms with Crippen molar-refractivity contribution in [2.75, 3.05) is 32.8 Å². The second-order valence-electron chi connectivity index (χ2n) is 8.80. The van der Waals surface area contributed by atoms with Gasteiger partial charge in [-0.05, 0) is 36.6 Å². The van der Waals surface area contributed by atoms with E-state index in [9.17, 15) is 14.0 Å². The molecule has 1 N–H and O–H groups in total. The van der Waals surface area contributed by atoms with Crippen LogP contribution in [0.3, 0.4) is 0 Å². The maximum atomic E-state index is 13.9. The zero-order valence-electron chi connectivity index (χ0n) is 18.5. The number of halogens is 1. The number of hydrogen-bond acceptors (Lipinski definition) is 4. The number of carbonyl (C=O) groups is 2. The van der Waals surface area contributed by atoms with Crippen LogP contribution in [0.4, 0.5) is 9.18 Å². The summed E-state index contributed by atoms with van der Waals surface area (Å²) >= 11 is 0. The summed E-state index contributed by atoms with van der Waals surface area (Å²) in [4.78, 5) is 28.7. The first-order valence-corrected chi connectivity index (χ1v) is 10.4. The summed E-state index contributed by atoms with van der Waals surface area (Å²) in [6, 6.07) is 9.07. The van der Waals surface area contributed by atoms with E-state index in [4.69, 9.17) is 9.15 Å². The third-order valence-corrected chi connectivity index (χ3v) is 5.39. The highest BCUT2D eigenvalue weighted by atomic mass is 19.1. The van der Waals surface area contributed by atoms with Crippen molar-refractivity contribution >= 4 is 11.9 Å². The molecule has 1 saturated heterocycles. The fraction of sp³-hybridized carbons (Fsp3) is 0.478. The number of carbonyl (C=O) groups excluding carboxylic acids is 2. The minimum atomic E-state index is -0.436. The molecule has 1 unspecified atom stereocenters. The number of rotatable bonds is 5. The van der Waals surface area contributed by atoms with Crippen LogP contribution in [-0.4, -0.2) is 60.6 Å². The molecule has 0 aliphatic carbocycles. The lowest BCUT2D eigenvalue weighted by atomic mass is 9.87. The molecule has 3 amide bonds. The summed E-state index contributed by atoms with van der Waals surface area (Å²) in [7, 11) is 0. The van der Waals surface area contributed by atoms with Gasteiger partial charge in [-0.15, -0.1) is 0 Å². The Morgan fingerprint density at radius 3 is 2.32 bits per heavy atom. The maximum absolute atomic E-state index is 13.9. The Morgan fingerprint density at radius 2 is 1.74 bits per heavy atom. The van der Waals surface area contributed by atoms with E-state index in [2.05, 4.69) is 5.32 Å². The zero-order valence-corrected chi connectivity index (χ0v) is 18.5. The second-order valence-corrected chi connectivity index (χ2v) is 8.80. The topological polar surface area (TPSA) is 75.0 Å². The molecule has 0 saturated carbocycles. The van der Waals surface area contributed by atoms with E-state index in [1.54, 1.807) is 47.1 Å². The standard InChI is InChI=1S/C23H30FN3O4/c1-16-9-10-19(31-16)21(28)26-11-13-27(14-12-26)22(29)25-20(23(2,3)4)15-30-18-8-6-5-7-17(18)24/h5-10,20H,11-15H2,1-4H3,(H,25,29). The number of para-hydroxylation sites is 1. The van der Waals surface area contributed by atoms with Crippen molar-refractivity contribution in [3.05, 3.63) is 53.7 Å². The average Bonchev–Trinajstić information content (AvgIpc) is 3.17. The average molecular weight is 432 g/mol. The lowest BCUT2D eigenvalue weighted by Gasteiger charge is -2.37. The van der Waals surface area contributed by atoms with Gasteiger partial charge in [-0.3, -0.25) is 4.79 Å². The van der Waals surface area contributed by atoms with Gasteiger partial charge in [-0.25, -0.2) is 9.18 Å². The molecule has 1 fully saturated rings. The number of piperazine rings is 1. The van der Waals surface area contributed by atoms with Crippen LogP contribution in [0.2, 0.25) is 0 Å². The van der Waals surface area contributed by atoms with Gasteiger partial charge in [0.05, 0.1) is 6.04 Å². The number of ether oxygens (including phenoxy) is 1. The Hall–Kier alpha value is -3.03. The number of nitrogens with one attached hydrogen (secondary N) is 1. The van der Waals surface area contributed by atoms with Gasteiger partial charge in [0.15, 0.2) is 17.3 Å². The molecule has 1 atom stereocenters. The number of aryl methyl sites for hydroxylation is 1. The molecular weight excluding hydrogens is 401 g/mol. The third-order valence-electron chi connectivity index (χ3n) is 5.39. The molecule has 3 rings (SSSR count). The van der Waals surface area contributed by atoms with Gasteiger partial charge in [-0.1, -0.05) is 32.9 Å². The molecule has 0 bridgehead atoms. The van der Waals surface area contributed by atoms with E-state index in [1.165, 1.54) is 6.07 Å². The van der Waals surface area contributed by atoms with Gasteiger partial charge >= 0.3 is 6.03 Å². The number of furan rings is 1. The Kier molecular flexibility index (Phi) is 6.87. The number of amides is 3. The molecule has 1 aromatic heterocycles. The Balaban J connectivity index is 1.55. The van der Waals surface area contributed by atoms with Gasteiger partial charge in [0, 0.05) is 26.2 Å². The molecule has 1 aromatic carbocycles. The number of urea groups is 1. The van der Waals surface area contributed by atoms with E-state index in [0.29, 0.717) is 37.7 Å². The molecule has 2 aromatic rings. The molecule has 2 heterocycles. The van der Waals surface area contributed by atoms with Crippen molar-refractivity contribution in [2.45, 2.75) is 33.7 Å². The fourth-order valence-electron chi connectivity index (χ4n) is 3.30. The number of benzene rings is 1. The predicted octanol–water partition coefficient (Wildman–Crippen LogP) is 3.69. The summed E-state index contributed by atoms with van der Waals surface area (Å²) in [5, 5.41) is 3.01. The zero-order chi connectivity index (χ0) is 22.6. The monoisotopic (exact) mass is 431 g/mol. The summed E-state index contributed by atoms with van der Waals surface area (Å²) in [6.45, 7) is 9.60. The predicted molar refractivity (Wildman–Crippen MR) is 115 cm³/mol. The summed E-state index contributed by atoms with van der Waals surface area (Å²) in [5.74, 6) is 0.556. The van der Waals surface area contributed by atoms with Gasteiger partial charge in [0.2, 0.25) is 0 Å². The molecule has 7 nitrogen and oxygen atoms in total. The third kappa shape index (κ3) is 5.77. The minimum Gasteiger partial charge on any atom is -0.488 e. The van der Waals surface area contributed by atoms with Crippen LogP contribution in [0.15, 0.2) is 40.8 Å². The fourth-order valence-corrected chi connectivity index (χ4v) is 3.30. The van der Waals surface area contributed by atoms with Crippen LogP contribution in [0.5, 0.6) is 5.75 Å². The number of hydrogen-bond donors (Lipinski definition) is 1. The molecular formula is C23H30FN3O4. The lowest BCUT2D eigenvalue weighted by molar-refractivity contribution is 0.0625. The van der Waals surface area contributed by atoms with E-state index < -0.39 is 5.82 Å². The van der Waals surface area contributed by atoms with Crippen LogP contribution in [-0.2, 0) is 0 Å². The molecule has 1 aliphatic rings. The van der Waals surface area contributed by atoms with Crippen molar-refractivity contribution in [2.24, 2.45) is 5.41 Å². The molecule has 1 aliphatic heterocycles. The molecule has 8 heteroatoms. The molecule has 168 valence electrons. The Bertz CT molecular complexity index is 914. The highest BCUT2D eigenvalue weighted by molar-refractivity contribution is 5.91. The van der Waals surface area contributed by atoms with Crippen molar-refractivity contribution in [3.8, 4) is 5.75 Å². The van der Waals surface area contributed by atoms with Crippen LogP contribution < -0.4 is 10.1 Å². The smallest absolute Gasteiger partial charge is 0.317 e. The van der Waals surface area contributed by atoms with Crippen LogP contribution in [0, 0.1) is 18.2 Å². The normalized spacial score (nSPS) is 15.5. The summed E-state index contributed by atoms with van der Waals surface area (Å²) in [5.41, 5.74) is -0.296. The Morgan fingerprint density at radius 1 is 1.10 bits per heavy atom. The first-order valence-electron chi connectivity index (χ1n) is 10.4. The largest absolute Gasteiger partial charge is 0.488 e. The lowest BCUT2D eigenvalue weighted by Crippen LogP contribution is -2.57. The first-order chi connectivity index (χ1) is 14.6.